The van der Waals surface area contributed by atoms with Crippen LogP contribution in [0, 0.1) is 5.92 Å². The Morgan fingerprint density at radius 2 is 1.67 bits per heavy atom. The molecule has 0 aromatic carbocycles. The third-order valence-electron chi connectivity index (χ3n) is 2.72. The quantitative estimate of drug-likeness (QED) is 0.598. The number of nitrogens with one attached hydrogen (secondary N) is 3. The molecule has 0 aromatic heterocycles. The molecule has 0 radical (unpaired) electrons. The van der Waals surface area contributed by atoms with Crippen LogP contribution in [0.5, 0.6) is 0 Å². The molecule has 120 valence electrons. The molecule has 3 N–H and O–H groups in total. The summed E-state index contributed by atoms with van der Waals surface area (Å²) in [5.74, 6) is 0.0277. The lowest BCUT2D eigenvalue weighted by molar-refractivity contribution is -0.122. The molecule has 7 nitrogen and oxygen atoms in total. The molecule has 1 aliphatic carbocycles. The van der Waals surface area contributed by atoms with Gasteiger partial charge in [0.05, 0.1) is 6.54 Å². The number of rotatable bonds is 7. The number of carbonyl (C=O) groups excluding carboxylic acids is 3. The molecule has 0 saturated heterocycles. The molecule has 0 bridgehead atoms. The smallest absolute Gasteiger partial charge is 0.408 e. The van der Waals surface area contributed by atoms with E-state index >= 15 is 0 Å². The summed E-state index contributed by atoms with van der Waals surface area (Å²) in [6, 6.07) is 0. The SMILES string of the molecule is CC(C)(C)OC(=O)NCC(=O)NCCCNC(=O)C1CC1. The standard InChI is InChI=1S/C14H25N3O4/c1-14(2,3)21-13(20)17-9-11(18)15-7-4-8-16-12(19)10-5-6-10/h10H,4-9H2,1-3H3,(H,15,18)(H,16,19)(H,17,20). The molecule has 1 rings (SSSR count). The van der Waals surface area contributed by atoms with E-state index in [1.807, 2.05) is 0 Å². The van der Waals surface area contributed by atoms with Crippen molar-refractivity contribution >= 4 is 17.9 Å². The first-order valence-electron chi connectivity index (χ1n) is 7.29. The van der Waals surface area contributed by atoms with Crippen LogP contribution in [0.1, 0.15) is 40.0 Å². The summed E-state index contributed by atoms with van der Waals surface area (Å²) in [6.07, 6.45) is 2.02. The highest BCUT2D eigenvalue weighted by molar-refractivity contribution is 5.82. The maximum atomic E-state index is 11.5. The lowest BCUT2D eigenvalue weighted by Crippen LogP contribution is -2.40. The van der Waals surface area contributed by atoms with Gasteiger partial charge in [-0.1, -0.05) is 0 Å². The van der Waals surface area contributed by atoms with Crippen molar-refractivity contribution in [1.29, 1.82) is 0 Å². The fourth-order valence-corrected chi connectivity index (χ4v) is 1.55. The van der Waals surface area contributed by atoms with Gasteiger partial charge in [0, 0.05) is 19.0 Å². The van der Waals surface area contributed by atoms with Crippen molar-refractivity contribution < 1.29 is 19.1 Å². The highest BCUT2D eigenvalue weighted by Crippen LogP contribution is 2.28. The van der Waals surface area contributed by atoms with Gasteiger partial charge in [-0.25, -0.2) is 4.79 Å². The molecule has 0 heterocycles. The minimum atomic E-state index is -0.616. The summed E-state index contributed by atoms with van der Waals surface area (Å²) in [5, 5.41) is 7.85. The van der Waals surface area contributed by atoms with E-state index in [2.05, 4.69) is 16.0 Å². The van der Waals surface area contributed by atoms with Crippen molar-refractivity contribution in [3.05, 3.63) is 0 Å². The first-order chi connectivity index (χ1) is 9.78. The van der Waals surface area contributed by atoms with Crippen LogP contribution in [0.2, 0.25) is 0 Å². The second-order valence-corrected chi connectivity index (χ2v) is 6.12. The van der Waals surface area contributed by atoms with E-state index in [1.165, 1.54) is 0 Å². The maximum Gasteiger partial charge on any atom is 0.408 e. The summed E-state index contributed by atoms with van der Waals surface area (Å²) in [5.41, 5.74) is -0.583. The molecule has 0 aliphatic heterocycles. The zero-order valence-corrected chi connectivity index (χ0v) is 13.0. The summed E-state index contributed by atoms with van der Waals surface area (Å²) >= 11 is 0. The van der Waals surface area contributed by atoms with Crippen molar-refractivity contribution in [3.8, 4) is 0 Å². The Labute approximate surface area is 125 Å². The highest BCUT2D eigenvalue weighted by Gasteiger charge is 2.28. The van der Waals surface area contributed by atoms with Gasteiger partial charge in [0.25, 0.3) is 0 Å². The summed E-state index contributed by atoms with van der Waals surface area (Å²) < 4.78 is 5.01. The number of alkyl carbamates (subject to hydrolysis) is 1. The number of amides is 3. The van der Waals surface area contributed by atoms with Crippen molar-refractivity contribution in [3.63, 3.8) is 0 Å². The number of hydrogen-bond acceptors (Lipinski definition) is 4. The van der Waals surface area contributed by atoms with E-state index in [-0.39, 0.29) is 24.3 Å². The van der Waals surface area contributed by atoms with Gasteiger partial charge in [-0.05, 0) is 40.0 Å². The molecule has 7 heteroatoms. The lowest BCUT2D eigenvalue weighted by atomic mass is 10.2. The van der Waals surface area contributed by atoms with Crippen LogP contribution in [0.4, 0.5) is 4.79 Å². The second kappa shape index (κ2) is 7.85. The number of hydrogen-bond donors (Lipinski definition) is 3. The molecular weight excluding hydrogens is 274 g/mol. The predicted octanol–water partition coefficient (Wildman–Crippen LogP) is 0.544. The minimum Gasteiger partial charge on any atom is -0.444 e. The van der Waals surface area contributed by atoms with Crippen molar-refractivity contribution in [2.75, 3.05) is 19.6 Å². The summed E-state index contributed by atoms with van der Waals surface area (Å²) in [6.45, 7) is 6.14. The van der Waals surface area contributed by atoms with Crippen LogP contribution in [-0.2, 0) is 14.3 Å². The van der Waals surface area contributed by atoms with E-state index in [4.69, 9.17) is 4.74 Å². The Hall–Kier alpha value is -1.79. The third-order valence-corrected chi connectivity index (χ3v) is 2.72. The molecule has 1 saturated carbocycles. The van der Waals surface area contributed by atoms with Crippen molar-refractivity contribution in [1.82, 2.24) is 16.0 Å². The zero-order valence-electron chi connectivity index (χ0n) is 13.0. The van der Waals surface area contributed by atoms with Gasteiger partial charge in [-0.15, -0.1) is 0 Å². The van der Waals surface area contributed by atoms with E-state index in [0.29, 0.717) is 19.5 Å². The maximum absolute atomic E-state index is 11.5. The van der Waals surface area contributed by atoms with Crippen LogP contribution < -0.4 is 16.0 Å². The summed E-state index contributed by atoms with van der Waals surface area (Å²) in [4.78, 5) is 34.1. The molecule has 1 aliphatic rings. The van der Waals surface area contributed by atoms with Crippen LogP contribution >= 0.6 is 0 Å². The monoisotopic (exact) mass is 299 g/mol. The lowest BCUT2D eigenvalue weighted by Gasteiger charge is -2.19. The average Bonchev–Trinajstić information content (AvgIpc) is 3.17. The van der Waals surface area contributed by atoms with Crippen molar-refractivity contribution in [2.45, 2.75) is 45.6 Å². The van der Waals surface area contributed by atoms with Crippen molar-refractivity contribution in [2.24, 2.45) is 5.92 Å². The number of ether oxygens (including phenoxy) is 1. The average molecular weight is 299 g/mol. The second-order valence-electron chi connectivity index (χ2n) is 6.12. The van der Waals surface area contributed by atoms with Gasteiger partial charge in [0.15, 0.2) is 0 Å². The van der Waals surface area contributed by atoms with Gasteiger partial charge in [0.1, 0.15) is 5.60 Å². The molecule has 0 atom stereocenters. The Balaban J connectivity index is 1.98. The molecule has 0 aromatic rings. The van der Waals surface area contributed by atoms with Gasteiger partial charge in [-0.3, -0.25) is 9.59 Å². The molecule has 0 spiro atoms. The zero-order chi connectivity index (χ0) is 15.9. The fourth-order valence-electron chi connectivity index (χ4n) is 1.55. The van der Waals surface area contributed by atoms with Gasteiger partial charge < -0.3 is 20.7 Å². The molecule has 1 fully saturated rings. The highest BCUT2D eigenvalue weighted by atomic mass is 16.6. The Bertz CT molecular complexity index is 386. The number of carbonyl (C=O) groups is 3. The van der Waals surface area contributed by atoms with E-state index < -0.39 is 11.7 Å². The van der Waals surface area contributed by atoms with Crippen LogP contribution in [0.15, 0.2) is 0 Å². The predicted molar refractivity (Wildman–Crippen MR) is 77.6 cm³/mol. The molecule has 3 amide bonds. The van der Waals surface area contributed by atoms with Crippen LogP contribution in [0.25, 0.3) is 0 Å². The van der Waals surface area contributed by atoms with Gasteiger partial charge in [0.2, 0.25) is 11.8 Å². The largest absolute Gasteiger partial charge is 0.444 e. The third kappa shape index (κ3) is 8.88. The Kier molecular flexibility index (Phi) is 6.45. The first-order valence-corrected chi connectivity index (χ1v) is 7.29. The Morgan fingerprint density at radius 3 is 2.24 bits per heavy atom. The summed E-state index contributed by atoms with van der Waals surface area (Å²) in [7, 11) is 0. The molecular formula is C14H25N3O4. The first kappa shape index (κ1) is 17.3. The van der Waals surface area contributed by atoms with E-state index in [9.17, 15) is 14.4 Å². The fraction of sp³-hybridized carbons (Fsp3) is 0.786. The minimum absolute atomic E-state index is 0.105. The molecule has 0 unspecified atom stereocenters. The normalized spacial score (nSPS) is 14.2. The van der Waals surface area contributed by atoms with E-state index in [1.54, 1.807) is 20.8 Å². The van der Waals surface area contributed by atoms with Gasteiger partial charge in [-0.2, -0.15) is 0 Å². The molecule has 21 heavy (non-hydrogen) atoms. The topological polar surface area (TPSA) is 96.5 Å². The van der Waals surface area contributed by atoms with Crippen LogP contribution in [-0.4, -0.2) is 43.1 Å². The van der Waals surface area contributed by atoms with Crippen LogP contribution in [0.3, 0.4) is 0 Å². The van der Waals surface area contributed by atoms with Gasteiger partial charge >= 0.3 is 6.09 Å². The van der Waals surface area contributed by atoms with E-state index in [0.717, 1.165) is 12.8 Å². The Morgan fingerprint density at radius 1 is 1.05 bits per heavy atom.